The highest BCUT2D eigenvalue weighted by Gasteiger charge is 2.18. The summed E-state index contributed by atoms with van der Waals surface area (Å²) in [6, 6.07) is 14.9. The summed E-state index contributed by atoms with van der Waals surface area (Å²) in [6.45, 7) is 0. The molecule has 0 heterocycles. The number of nitrogens with zero attached hydrogens (tertiary/aromatic N) is 2. The van der Waals surface area contributed by atoms with Crippen molar-refractivity contribution in [2.45, 2.75) is 0 Å². The molecule has 6 nitrogen and oxygen atoms in total. The minimum absolute atomic E-state index is 0.0253. The Bertz CT molecular complexity index is 654. The molecule has 0 fully saturated rings. The van der Waals surface area contributed by atoms with Gasteiger partial charge in [-0.2, -0.15) is 5.10 Å². The molecular weight excluding hydrogens is 258 g/mol. The third-order valence-corrected chi connectivity index (χ3v) is 2.52. The van der Waals surface area contributed by atoms with E-state index in [0.717, 1.165) is 5.56 Å². The van der Waals surface area contributed by atoms with Gasteiger partial charge >= 0.3 is 0 Å². The molecule has 0 radical (unpaired) electrons. The van der Waals surface area contributed by atoms with E-state index in [0.29, 0.717) is 0 Å². The van der Waals surface area contributed by atoms with Crippen LogP contribution in [0.15, 0.2) is 59.7 Å². The smallest absolute Gasteiger partial charge is 0.267 e. The van der Waals surface area contributed by atoms with Gasteiger partial charge < -0.3 is 0 Å². The predicted molar refractivity (Wildman–Crippen MR) is 74.6 cm³/mol. The lowest BCUT2D eigenvalue weighted by Crippen LogP contribution is -2.18. The highest BCUT2D eigenvalue weighted by molar-refractivity contribution is 5.98. The normalized spacial score (nSPS) is 10.4. The third-order valence-electron chi connectivity index (χ3n) is 2.52. The van der Waals surface area contributed by atoms with Crippen LogP contribution in [0.3, 0.4) is 0 Å². The Hall–Kier alpha value is -3.02. The van der Waals surface area contributed by atoms with E-state index < -0.39 is 10.8 Å². The maximum atomic E-state index is 11.8. The summed E-state index contributed by atoms with van der Waals surface area (Å²) < 4.78 is 0. The maximum Gasteiger partial charge on any atom is 0.282 e. The van der Waals surface area contributed by atoms with Crippen LogP contribution >= 0.6 is 0 Å². The van der Waals surface area contributed by atoms with E-state index in [2.05, 4.69) is 10.5 Å². The first-order chi connectivity index (χ1) is 9.68. The molecular formula is C14H11N3O3. The molecule has 0 aliphatic rings. The van der Waals surface area contributed by atoms with Gasteiger partial charge in [-0.3, -0.25) is 14.9 Å². The lowest BCUT2D eigenvalue weighted by molar-refractivity contribution is -0.385. The summed E-state index contributed by atoms with van der Waals surface area (Å²) in [5.41, 5.74) is 2.81. The second-order valence-electron chi connectivity index (χ2n) is 3.88. The summed E-state index contributed by atoms with van der Waals surface area (Å²) in [7, 11) is 0. The van der Waals surface area contributed by atoms with Crippen LogP contribution in [0.1, 0.15) is 15.9 Å². The number of nitro benzene ring substituents is 1. The molecule has 0 spiro atoms. The Morgan fingerprint density at radius 3 is 2.45 bits per heavy atom. The zero-order chi connectivity index (χ0) is 14.4. The predicted octanol–water partition coefficient (Wildman–Crippen LogP) is 2.36. The molecule has 2 rings (SSSR count). The van der Waals surface area contributed by atoms with Crippen molar-refractivity contribution in [2.75, 3.05) is 0 Å². The first-order valence-electron chi connectivity index (χ1n) is 5.80. The van der Waals surface area contributed by atoms with Crippen molar-refractivity contribution < 1.29 is 9.72 Å². The molecule has 1 N–H and O–H groups in total. The first-order valence-corrected chi connectivity index (χ1v) is 5.80. The Morgan fingerprint density at radius 2 is 1.75 bits per heavy atom. The second kappa shape index (κ2) is 6.24. The van der Waals surface area contributed by atoms with Crippen LogP contribution in [0.5, 0.6) is 0 Å². The number of hydrogen-bond acceptors (Lipinski definition) is 4. The molecule has 0 saturated heterocycles. The average molecular weight is 269 g/mol. The van der Waals surface area contributed by atoms with Crippen LogP contribution in [-0.2, 0) is 0 Å². The van der Waals surface area contributed by atoms with Gasteiger partial charge in [0, 0.05) is 6.07 Å². The van der Waals surface area contributed by atoms with Gasteiger partial charge in [-0.1, -0.05) is 42.5 Å². The summed E-state index contributed by atoms with van der Waals surface area (Å²) in [5.74, 6) is -0.621. The molecule has 1 amide bonds. The topological polar surface area (TPSA) is 84.6 Å². The van der Waals surface area contributed by atoms with Crippen LogP contribution in [0.2, 0.25) is 0 Å². The quantitative estimate of drug-likeness (QED) is 0.525. The fourth-order valence-electron chi connectivity index (χ4n) is 1.59. The Morgan fingerprint density at radius 1 is 1.10 bits per heavy atom. The van der Waals surface area contributed by atoms with Crippen LogP contribution in [0.25, 0.3) is 0 Å². The van der Waals surface area contributed by atoms with Gasteiger partial charge in [0.2, 0.25) is 0 Å². The van der Waals surface area contributed by atoms with Gasteiger partial charge in [-0.25, -0.2) is 5.43 Å². The standard InChI is InChI=1S/C14H11N3O3/c18-14(12-8-4-5-9-13(12)17(19)20)16-15-10-11-6-2-1-3-7-11/h1-10H,(H,16,18). The largest absolute Gasteiger partial charge is 0.282 e. The van der Waals surface area contributed by atoms with E-state index in [-0.39, 0.29) is 11.3 Å². The number of hydrogen-bond donors (Lipinski definition) is 1. The molecule has 6 heteroatoms. The van der Waals surface area contributed by atoms with E-state index in [1.165, 1.54) is 24.4 Å². The van der Waals surface area contributed by atoms with Gasteiger partial charge in [-0.15, -0.1) is 0 Å². The highest BCUT2D eigenvalue weighted by Crippen LogP contribution is 2.17. The van der Waals surface area contributed by atoms with Gasteiger partial charge in [0.05, 0.1) is 11.1 Å². The molecule has 0 unspecified atom stereocenters. The van der Waals surface area contributed by atoms with Gasteiger partial charge in [0.15, 0.2) is 0 Å². The second-order valence-corrected chi connectivity index (χ2v) is 3.88. The number of para-hydroxylation sites is 1. The SMILES string of the molecule is O=C(NN=Cc1ccccc1)c1ccccc1[N+](=O)[O-]. The van der Waals surface area contributed by atoms with Crippen molar-refractivity contribution in [1.82, 2.24) is 5.43 Å². The van der Waals surface area contributed by atoms with Crippen molar-refractivity contribution >= 4 is 17.8 Å². The number of amides is 1. The van der Waals surface area contributed by atoms with Crippen LogP contribution in [0.4, 0.5) is 5.69 Å². The minimum atomic E-state index is -0.621. The van der Waals surface area contributed by atoms with Crippen LogP contribution < -0.4 is 5.43 Å². The number of hydrazone groups is 1. The lowest BCUT2D eigenvalue weighted by Gasteiger charge is -2.00. The molecule has 100 valence electrons. The van der Waals surface area contributed by atoms with Crippen molar-refractivity contribution in [1.29, 1.82) is 0 Å². The van der Waals surface area contributed by atoms with E-state index in [4.69, 9.17) is 0 Å². The Labute approximate surface area is 114 Å². The molecule has 0 aliphatic heterocycles. The molecule has 0 aromatic heterocycles. The van der Waals surface area contributed by atoms with Crippen molar-refractivity contribution in [2.24, 2.45) is 5.10 Å². The third kappa shape index (κ3) is 3.26. The molecule has 20 heavy (non-hydrogen) atoms. The van der Waals surface area contributed by atoms with Crippen LogP contribution in [-0.4, -0.2) is 17.0 Å². The van der Waals surface area contributed by atoms with Crippen molar-refractivity contribution in [3.8, 4) is 0 Å². The Balaban J connectivity index is 2.10. The summed E-state index contributed by atoms with van der Waals surface area (Å²) in [6.07, 6.45) is 1.46. The number of nitro groups is 1. The fourth-order valence-corrected chi connectivity index (χ4v) is 1.59. The van der Waals surface area contributed by atoms with E-state index in [1.807, 2.05) is 30.3 Å². The molecule has 2 aromatic rings. The van der Waals surface area contributed by atoms with E-state index in [9.17, 15) is 14.9 Å². The molecule has 0 aliphatic carbocycles. The number of carbonyl (C=O) groups excluding carboxylic acids is 1. The average Bonchev–Trinajstić information content (AvgIpc) is 2.48. The minimum Gasteiger partial charge on any atom is -0.267 e. The van der Waals surface area contributed by atoms with E-state index in [1.54, 1.807) is 6.07 Å². The van der Waals surface area contributed by atoms with Gasteiger partial charge in [-0.05, 0) is 11.6 Å². The molecule has 0 bridgehead atoms. The summed E-state index contributed by atoms with van der Waals surface area (Å²) >= 11 is 0. The van der Waals surface area contributed by atoms with E-state index >= 15 is 0 Å². The van der Waals surface area contributed by atoms with Crippen molar-refractivity contribution in [3.63, 3.8) is 0 Å². The molecule has 0 saturated carbocycles. The fraction of sp³-hybridized carbons (Fsp3) is 0. The summed E-state index contributed by atoms with van der Waals surface area (Å²) in [4.78, 5) is 22.0. The number of nitrogens with one attached hydrogen (secondary N) is 1. The Kier molecular flexibility index (Phi) is 4.18. The lowest BCUT2D eigenvalue weighted by atomic mass is 10.2. The van der Waals surface area contributed by atoms with Crippen LogP contribution in [0, 0.1) is 10.1 Å². The highest BCUT2D eigenvalue weighted by atomic mass is 16.6. The zero-order valence-electron chi connectivity index (χ0n) is 10.4. The summed E-state index contributed by atoms with van der Waals surface area (Å²) in [5, 5.41) is 14.6. The van der Waals surface area contributed by atoms with Crippen molar-refractivity contribution in [3.05, 3.63) is 75.8 Å². The monoisotopic (exact) mass is 269 g/mol. The number of benzene rings is 2. The zero-order valence-corrected chi connectivity index (χ0v) is 10.4. The van der Waals surface area contributed by atoms with Gasteiger partial charge in [0.1, 0.15) is 5.56 Å². The van der Waals surface area contributed by atoms with Gasteiger partial charge in [0.25, 0.3) is 11.6 Å². The number of rotatable bonds is 4. The maximum absolute atomic E-state index is 11.8. The molecule has 2 aromatic carbocycles. The number of carbonyl (C=O) groups is 1. The molecule has 0 atom stereocenters. The first kappa shape index (κ1) is 13.4.